The first kappa shape index (κ1) is 17.0. The monoisotopic (exact) mass is 309 g/mol. The maximum atomic E-state index is 12.9. The summed E-state index contributed by atoms with van der Waals surface area (Å²) in [6.07, 6.45) is -3.28. The topological polar surface area (TPSA) is 46.2 Å². The van der Waals surface area contributed by atoms with Gasteiger partial charge in [0.1, 0.15) is 6.04 Å². The molecule has 1 N–H and O–H groups in total. The van der Waals surface area contributed by atoms with E-state index in [9.17, 15) is 21.6 Å². The highest BCUT2D eigenvalue weighted by Gasteiger charge is 2.42. The molecule has 0 aliphatic rings. The average Bonchev–Trinajstić information content (AvgIpc) is 2.37. The van der Waals surface area contributed by atoms with Gasteiger partial charge in [0.15, 0.2) is 9.84 Å². The summed E-state index contributed by atoms with van der Waals surface area (Å²) >= 11 is 0. The molecule has 0 spiro atoms. The van der Waals surface area contributed by atoms with Crippen LogP contribution in [0, 0.1) is 0 Å². The maximum Gasteiger partial charge on any atom is 0.404 e. The molecule has 0 fully saturated rings. The Kier molecular flexibility index (Phi) is 6.01. The number of nitrogens with one attached hydrogen (secondary N) is 1. The Labute approximate surface area is 117 Å². The second-order valence-corrected chi connectivity index (χ2v) is 6.53. The van der Waals surface area contributed by atoms with Gasteiger partial charge in [0.25, 0.3) is 0 Å². The van der Waals surface area contributed by atoms with Crippen LogP contribution in [0.4, 0.5) is 13.2 Å². The number of hydrogen-bond acceptors (Lipinski definition) is 3. The lowest BCUT2D eigenvalue weighted by atomic mass is 10.3. The van der Waals surface area contributed by atoms with E-state index in [0.29, 0.717) is 6.42 Å². The fraction of sp³-hybridized carbons (Fsp3) is 0.538. The molecule has 1 unspecified atom stereocenters. The Morgan fingerprint density at radius 1 is 1.20 bits per heavy atom. The van der Waals surface area contributed by atoms with Gasteiger partial charge in [-0.25, -0.2) is 8.42 Å². The van der Waals surface area contributed by atoms with Gasteiger partial charge in [-0.1, -0.05) is 31.5 Å². The molecule has 1 aromatic carbocycles. The minimum Gasteiger partial charge on any atom is -0.305 e. The van der Waals surface area contributed by atoms with Crippen molar-refractivity contribution in [2.45, 2.75) is 36.9 Å². The SMILES string of the molecule is CCCCNC(CS(=O)(=O)c1ccccc1)C(F)(F)F. The molecule has 0 bridgehead atoms. The molecule has 0 amide bonds. The Bertz CT molecular complexity index is 500. The summed E-state index contributed by atoms with van der Waals surface area (Å²) < 4.78 is 62.6. The molecule has 114 valence electrons. The van der Waals surface area contributed by atoms with Gasteiger partial charge in [0.05, 0.1) is 10.6 Å². The number of benzene rings is 1. The van der Waals surface area contributed by atoms with Gasteiger partial charge >= 0.3 is 6.18 Å². The highest BCUT2D eigenvalue weighted by atomic mass is 32.2. The van der Waals surface area contributed by atoms with E-state index < -0.39 is 27.8 Å². The van der Waals surface area contributed by atoms with Crippen molar-refractivity contribution >= 4 is 9.84 Å². The molecule has 0 radical (unpaired) electrons. The van der Waals surface area contributed by atoms with E-state index in [1.54, 1.807) is 6.07 Å². The molecule has 0 aliphatic carbocycles. The van der Waals surface area contributed by atoms with E-state index in [-0.39, 0.29) is 11.4 Å². The Morgan fingerprint density at radius 3 is 2.30 bits per heavy atom. The van der Waals surface area contributed by atoms with E-state index in [1.165, 1.54) is 24.3 Å². The fourth-order valence-electron chi connectivity index (χ4n) is 1.67. The Balaban J connectivity index is 2.84. The third-order valence-corrected chi connectivity index (χ3v) is 4.57. The lowest BCUT2D eigenvalue weighted by molar-refractivity contribution is -0.150. The minimum absolute atomic E-state index is 0.0912. The maximum absolute atomic E-state index is 12.9. The number of sulfone groups is 1. The summed E-state index contributed by atoms with van der Waals surface area (Å²) in [6, 6.07) is 5.14. The number of alkyl halides is 3. The average molecular weight is 309 g/mol. The van der Waals surface area contributed by atoms with Gasteiger partial charge < -0.3 is 5.32 Å². The molecule has 20 heavy (non-hydrogen) atoms. The summed E-state index contributed by atoms with van der Waals surface area (Å²) in [4.78, 5) is -0.0912. The van der Waals surface area contributed by atoms with Crippen LogP contribution in [0.5, 0.6) is 0 Å². The van der Waals surface area contributed by atoms with Gasteiger partial charge in [-0.15, -0.1) is 0 Å². The predicted molar refractivity (Wildman–Crippen MR) is 71.2 cm³/mol. The molecule has 0 aliphatic heterocycles. The normalized spacial score (nSPS) is 14.2. The smallest absolute Gasteiger partial charge is 0.305 e. The van der Waals surface area contributed by atoms with Crippen LogP contribution in [0.2, 0.25) is 0 Å². The first-order valence-electron chi connectivity index (χ1n) is 6.35. The Hall–Kier alpha value is -1.08. The zero-order valence-electron chi connectivity index (χ0n) is 11.2. The number of halogens is 3. The van der Waals surface area contributed by atoms with Crippen LogP contribution in [0.25, 0.3) is 0 Å². The lowest BCUT2D eigenvalue weighted by Gasteiger charge is -2.21. The number of hydrogen-bond donors (Lipinski definition) is 1. The van der Waals surface area contributed by atoms with Crippen LogP contribution in [0.1, 0.15) is 19.8 Å². The third-order valence-electron chi connectivity index (χ3n) is 2.80. The third kappa shape index (κ3) is 5.13. The van der Waals surface area contributed by atoms with E-state index in [2.05, 4.69) is 5.32 Å². The van der Waals surface area contributed by atoms with Gasteiger partial charge in [-0.2, -0.15) is 13.2 Å². The van der Waals surface area contributed by atoms with Gasteiger partial charge in [-0.05, 0) is 25.1 Å². The van der Waals surface area contributed by atoms with Crippen molar-refractivity contribution in [3.05, 3.63) is 30.3 Å². The van der Waals surface area contributed by atoms with Gasteiger partial charge in [-0.3, -0.25) is 0 Å². The van der Waals surface area contributed by atoms with Crippen LogP contribution in [0.15, 0.2) is 35.2 Å². The summed E-state index contributed by atoms with van der Waals surface area (Å²) in [6.45, 7) is 2.00. The summed E-state index contributed by atoms with van der Waals surface area (Å²) in [7, 11) is -3.96. The highest BCUT2D eigenvalue weighted by molar-refractivity contribution is 7.91. The molecule has 1 atom stereocenters. The van der Waals surface area contributed by atoms with E-state index >= 15 is 0 Å². The zero-order chi connectivity index (χ0) is 15.2. The van der Waals surface area contributed by atoms with Crippen molar-refractivity contribution in [3.8, 4) is 0 Å². The summed E-state index contributed by atoms with van der Waals surface area (Å²) in [5.41, 5.74) is 0. The van der Waals surface area contributed by atoms with Crippen LogP contribution in [0.3, 0.4) is 0 Å². The zero-order valence-corrected chi connectivity index (χ0v) is 12.0. The molecular weight excluding hydrogens is 291 g/mol. The van der Waals surface area contributed by atoms with Crippen molar-refractivity contribution in [2.75, 3.05) is 12.3 Å². The highest BCUT2D eigenvalue weighted by Crippen LogP contribution is 2.23. The van der Waals surface area contributed by atoms with Crippen LogP contribution < -0.4 is 5.32 Å². The lowest BCUT2D eigenvalue weighted by Crippen LogP contribution is -2.47. The standard InChI is InChI=1S/C13H18F3NO2S/c1-2-3-9-17-12(13(14,15)16)10-20(18,19)11-7-5-4-6-8-11/h4-8,12,17H,2-3,9-10H2,1H3. The largest absolute Gasteiger partial charge is 0.404 e. The molecular formula is C13H18F3NO2S. The van der Waals surface area contributed by atoms with Gasteiger partial charge in [0.2, 0.25) is 0 Å². The summed E-state index contributed by atoms with van der Waals surface area (Å²) in [5.74, 6) is -0.982. The molecule has 3 nitrogen and oxygen atoms in total. The van der Waals surface area contributed by atoms with E-state index in [4.69, 9.17) is 0 Å². The van der Waals surface area contributed by atoms with E-state index in [1.807, 2.05) is 6.92 Å². The number of rotatable bonds is 7. The molecule has 1 rings (SSSR count). The molecule has 0 saturated heterocycles. The Morgan fingerprint density at radius 2 is 1.80 bits per heavy atom. The van der Waals surface area contributed by atoms with Gasteiger partial charge in [0, 0.05) is 0 Å². The van der Waals surface area contributed by atoms with Crippen molar-refractivity contribution in [1.29, 1.82) is 0 Å². The van der Waals surface area contributed by atoms with Crippen molar-refractivity contribution in [3.63, 3.8) is 0 Å². The summed E-state index contributed by atoms with van der Waals surface area (Å²) in [5, 5.41) is 2.28. The predicted octanol–water partition coefficient (Wildman–Crippen LogP) is 2.78. The second kappa shape index (κ2) is 7.08. The van der Waals surface area contributed by atoms with Crippen LogP contribution in [-0.4, -0.2) is 32.9 Å². The first-order valence-corrected chi connectivity index (χ1v) is 8.00. The van der Waals surface area contributed by atoms with E-state index in [0.717, 1.165) is 6.42 Å². The molecule has 0 aromatic heterocycles. The molecule has 1 aromatic rings. The fourth-order valence-corrected chi connectivity index (χ4v) is 3.18. The first-order chi connectivity index (χ1) is 9.27. The van der Waals surface area contributed by atoms with Crippen LogP contribution >= 0.6 is 0 Å². The van der Waals surface area contributed by atoms with Crippen LogP contribution in [-0.2, 0) is 9.84 Å². The molecule has 0 heterocycles. The molecule has 7 heteroatoms. The number of unbranched alkanes of at least 4 members (excludes halogenated alkanes) is 1. The molecule has 0 saturated carbocycles. The quantitative estimate of drug-likeness (QED) is 0.788. The van der Waals surface area contributed by atoms with Crippen molar-refractivity contribution in [2.24, 2.45) is 0 Å². The second-order valence-electron chi connectivity index (χ2n) is 4.50. The van der Waals surface area contributed by atoms with Crippen molar-refractivity contribution in [1.82, 2.24) is 5.32 Å². The van der Waals surface area contributed by atoms with Crippen molar-refractivity contribution < 1.29 is 21.6 Å². The minimum atomic E-state index is -4.59.